The zero-order chi connectivity index (χ0) is 12.3. The topological polar surface area (TPSA) is 24.9 Å². The summed E-state index contributed by atoms with van der Waals surface area (Å²) in [6.07, 6.45) is 2.83. The van der Waals surface area contributed by atoms with Crippen molar-refractivity contribution in [3.05, 3.63) is 51.5 Å². The Labute approximate surface area is 107 Å². The first kappa shape index (κ1) is 12.3. The van der Waals surface area contributed by atoms with Gasteiger partial charge in [-0.05, 0) is 37.6 Å². The standard InChI is InChI=1S/C14H18N2S/c1-10-5-4-6-11(2)14(10)12(15-3)9-13-16-7-8-17-13/h4-8,12,15H,9H2,1-3H3. The fraction of sp³-hybridized carbons (Fsp3) is 0.357. The molecule has 0 fully saturated rings. The molecule has 2 rings (SSSR count). The van der Waals surface area contributed by atoms with E-state index in [0.717, 1.165) is 6.42 Å². The molecule has 0 spiro atoms. The normalized spacial score (nSPS) is 12.6. The summed E-state index contributed by atoms with van der Waals surface area (Å²) in [4.78, 5) is 4.37. The Balaban J connectivity index is 2.29. The van der Waals surface area contributed by atoms with Crippen LogP contribution in [0.4, 0.5) is 0 Å². The van der Waals surface area contributed by atoms with Crippen LogP contribution in [0.15, 0.2) is 29.8 Å². The Morgan fingerprint density at radius 3 is 2.53 bits per heavy atom. The zero-order valence-corrected chi connectivity index (χ0v) is 11.3. The maximum absolute atomic E-state index is 4.37. The van der Waals surface area contributed by atoms with Crippen LogP contribution in [0.2, 0.25) is 0 Å². The monoisotopic (exact) mass is 246 g/mol. The number of thiazole rings is 1. The molecule has 90 valence electrons. The van der Waals surface area contributed by atoms with Crippen molar-refractivity contribution >= 4 is 11.3 Å². The van der Waals surface area contributed by atoms with Crippen molar-refractivity contribution in [2.75, 3.05) is 7.05 Å². The first-order valence-corrected chi connectivity index (χ1v) is 6.72. The molecule has 17 heavy (non-hydrogen) atoms. The third-order valence-corrected chi connectivity index (χ3v) is 3.90. The number of nitrogens with zero attached hydrogens (tertiary/aromatic N) is 1. The van der Waals surface area contributed by atoms with Crippen molar-refractivity contribution < 1.29 is 0 Å². The highest BCUT2D eigenvalue weighted by atomic mass is 32.1. The number of hydrogen-bond acceptors (Lipinski definition) is 3. The minimum atomic E-state index is 0.349. The Hall–Kier alpha value is -1.19. The molecule has 1 aromatic carbocycles. The van der Waals surface area contributed by atoms with Crippen LogP contribution in [0.25, 0.3) is 0 Å². The lowest BCUT2D eigenvalue weighted by molar-refractivity contribution is 0.584. The number of benzene rings is 1. The van der Waals surface area contributed by atoms with Crippen LogP contribution in [0, 0.1) is 13.8 Å². The van der Waals surface area contributed by atoms with Gasteiger partial charge in [-0.25, -0.2) is 4.98 Å². The van der Waals surface area contributed by atoms with Crippen molar-refractivity contribution in [3.63, 3.8) is 0 Å². The van der Waals surface area contributed by atoms with Crippen molar-refractivity contribution in [2.45, 2.75) is 26.3 Å². The van der Waals surface area contributed by atoms with Crippen molar-refractivity contribution in [2.24, 2.45) is 0 Å². The lowest BCUT2D eigenvalue weighted by Gasteiger charge is -2.20. The van der Waals surface area contributed by atoms with Gasteiger partial charge in [0, 0.05) is 24.0 Å². The van der Waals surface area contributed by atoms with E-state index in [-0.39, 0.29) is 0 Å². The summed E-state index contributed by atoms with van der Waals surface area (Å²) < 4.78 is 0. The molecule has 0 aliphatic heterocycles. The van der Waals surface area contributed by atoms with Gasteiger partial charge >= 0.3 is 0 Å². The van der Waals surface area contributed by atoms with E-state index >= 15 is 0 Å². The molecule has 1 N–H and O–H groups in total. The molecule has 0 aliphatic carbocycles. The van der Waals surface area contributed by atoms with Crippen LogP contribution in [0.1, 0.15) is 27.7 Å². The van der Waals surface area contributed by atoms with E-state index in [2.05, 4.69) is 42.3 Å². The summed E-state index contributed by atoms with van der Waals surface area (Å²) in [6, 6.07) is 6.81. The second kappa shape index (κ2) is 5.43. The molecule has 2 nitrogen and oxygen atoms in total. The van der Waals surface area contributed by atoms with Crippen LogP contribution in [-0.4, -0.2) is 12.0 Å². The highest BCUT2D eigenvalue weighted by molar-refractivity contribution is 7.09. The molecule has 1 unspecified atom stereocenters. The third-order valence-electron chi connectivity index (χ3n) is 3.10. The summed E-state index contributed by atoms with van der Waals surface area (Å²) >= 11 is 1.72. The lowest BCUT2D eigenvalue weighted by atomic mass is 9.94. The molecule has 0 bridgehead atoms. The van der Waals surface area contributed by atoms with Crippen LogP contribution in [0.3, 0.4) is 0 Å². The minimum Gasteiger partial charge on any atom is -0.313 e. The van der Waals surface area contributed by atoms with Crippen molar-refractivity contribution in [1.29, 1.82) is 0 Å². The lowest BCUT2D eigenvalue weighted by Crippen LogP contribution is -2.20. The largest absolute Gasteiger partial charge is 0.313 e. The summed E-state index contributed by atoms with van der Waals surface area (Å²) in [5.74, 6) is 0. The fourth-order valence-electron chi connectivity index (χ4n) is 2.25. The van der Waals surface area contributed by atoms with Gasteiger partial charge in [0.2, 0.25) is 0 Å². The molecule has 0 amide bonds. The average Bonchev–Trinajstić information content (AvgIpc) is 2.80. The summed E-state index contributed by atoms with van der Waals surface area (Å²) in [7, 11) is 2.02. The average molecular weight is 246 g/mol. The van der Waals surface area contributed by atoms with E-state index in [1.807, 2.05) is 18.6 Å². The van der Waals surface area contributed by atoms with Gasteiger partial charge in [0.25, 0.3) is 0 Å². The van der Waals surface area contributed by atoms with Gasteiger partial charge in [0.1, 0.15) is 0 Å². The number of aryl methyl sites for hydroxylation is 2. The first-order valence-electron chi connectivity index (χ1n) is 5.84. The highest BCUT2D eigenvalue weighted by Crippen LogP contribution is 2.25. The minimum absolute atomic E-state index is 0.349. The molecule has 1 heterocycles. The van der Waals surface area contributed by atoms with E-state index < -0.39 is 0 Å². The van der Waals surface area contributed by atoms with Gasteiger partial charge in [0.15, 0.2) is 0 Å². The van der Waals surface area contributed by atoms with Gasteiger partial charge < -0.3 is 5.32 Å². The van der Waals surface area contributed by atoms with Crippen molar-refractivity contribution in [1.82, 2.24) is 10.3 Å². The summed E-state index contributed by atoms with van der Waals surface area (Å²) in [5.41, 5.74) is 4.10. The third kappa shape index (κ3) is 2.73. The highest BCUT2D eigenvalue weighted by Gasteiger charge is 2.15. The maximum atomic E-state index is 4.37. The molecule has 0 saturated carbocycles. The van der Waals surface area contributed by atoms with E-state index in [4.69, 9.17) is 0 Å². The Kier molecular flexibility index (Phi) is 3.92. The number of aromatic nitrogens is 1. The van der Waals surface area contributed by atoms with Gasteiger partial charge in [-0.1, -0.05) is 18.2 Å². The zero-order valence-electron chi connectivity index (χ0n) is 10.5. The second-order valence-corrected chi connectivity index (χ2v) is 5.26. The van der Waals surface area contributed by atoms with Crippen LogP contribution < -0.4 is 5.32 Å². The fourth-order valence-corrected chi connectivity index (χ4v) is 2.92. The second-order valence-electron chi connectivity index (χ2n) is 4.28. The predicted octanol–water partition coefficient (Wildman–Crippen LogP) is 3.26. The molecule has 3 heteroatoms. The predicted molar refractivity (Wildman–Crippen MR) is 73.5 cm³/mol. The number of likely N-dealkylation sites (N-methyl/N-ethyl adjacent to an activating group) is 1. The van der Waals surface area contributed by atoms with E-state index in [1.165, 1.54) is 21.7 Å². The van der Waals surface area contributed by atoms with E-state index in [0.29, 0.717) is 6.04 Å². The molecule has 0 radical (unpaired) electrons. The van der Waals surface area contributed by atoms with E-state index in [1.54, 1.807) is 11.3 Å². The number of rotatable bonds is 4. The van der Waals surface area contributed by atoms with Gasteiger partial charge in [0.05, 0.1) is 5.01 Å². The van der Waals surface area contributed by atoms with E-state index in [9.17, 15) is 0 Å². The molecule has 1 aromatic heterocycles. The smallest absolute Gasteiger partial charge is 0.0943 e. The van der Waals surface area contributed by atoms with Crippen LogP contribution >= 0.6 is 11.3 Å². The summed E-state index contributed by atoms with van der Waals surface area (Å²) in [6.45, 7) is 4.35. The molecular formula is C14H18N2S. The van der Waals surface area contributed by atoms with Crippen LogP contribution in [-0.2, 0) is 6.42 Å². The molecule has 0 saturated heterocycles. The number of hydrogen-bond donors (Lipinski definition) is 1. The maximum Gasteiger partial charge on any atom is 0.0943 e. The Morgan fingerprint density at radius 1 is 1.29 bits per heavy atom. The van der Waals surface area contributed by atoms with Gasteiger partial charge in [-0.2, -0.15) is 0 Å². The Bertz CT molecular complexity index is 457. The summed E-state index contributed by atoms with van der Waals surface area (Å²) in [5, 5.41) is 6.63. The van der Waals surface area contributed by atoms with Gasteiger partial charge in [-0.3, -0.25) is 0 Å². The molecule has 2 aromatic rings. The molecule has 1 atom stereocenters. The quantitative estimate of drug-likeness (QED) is 0.895. The number of nitrogens with one attached hydrogen (secondary N) is 1. The first-order chi connectivity index (χ1) is 8.22. The Morgan fingerprint density at radius 2 is 2.00 bits per heavy atom. The molecular weight excluding hydrogens is 228 g/mol. The van der Waals surface area contributed by atoms with Gasteiger partial charge in [-0.15, -0.1) is 11.3 Å². The SMILES string of the molecule is CNC(Cc1nccs1)c1c(C)cccc1C. The van der Waals surface area contributed by atoms with Crippen LogP contribution in [0.5, 0.6) is 0 Å². The van der Waals surface area contributed by atoms with Crippen molar-refractivity contribution in [3.8, 4) is 0 Å². The molecule has 0 aliphatic rings.